The van der Waals surface area contributed by atoms with E-state index in [-0.39, 0.29) is 30.9 Å². The summed E-state index contributed by atoms with van der Waals surface area (Å²) >= 11 is 0. The van der Waals surface area contributed by atoms with Gasteiger partial charge in [-0.05, 0) is 37.1 Å². The van der Waals surface area contributed by atoms with Crippen LogP contribution >= 0.6 is 0 Å². The minimum Gasteiger partial charge on any atom is -0.338 e. The summed E-state index contributed by atoms with van der Waals surface area (Å²) in [4.78, 5) is 23.7. The highest BCUT2D eigenvalue weighted by Crippen LogP contribution is 2.17. The Labute approximate surface area is 154 Å². The van der Waals surface area contributed by atoms with Crippen LogP contribution in [0.3, 0.4) is 0 Å². The third kappa shape index (κ3) is 7.73. The van der Waals surface area contributed by atoms with Crippen molar-refractivity contribution in [2.75, 3.05) is 22.8 Å². The van der Waals surface area contributed by atoms with E-state index in [0.717, 1.165) is 31.9 Å². The predicted molar refractivity (Wildman–Crippen MR) is 102 cm³/mol. The Bertz CT molecular complexity index is 713. The molecule has 1 aromatic rings. The molecule has 9 heteroatoms. The highest BCUT2D eigenvalue weighted by Gasteiger charge is 2.15. The third-order valence-electron chi connectivity index (χ3n) is 4.05. The van der Waals surface area contributed by atoms with Crippen molar-refractivity contribution >= 4 is 33.3 Å². The Morgan fingerprint density at radius 2 is 1.65 bits per heavy atom. The molecule has 1 aliphatic rings. The number of anilines is 2. The molecule has 1 aliphatic carbocycles. The maximum Gasteiger partial charge on any atom is 0.315 e. The number of urea groups is 1. The van der Waals surface area contributed by atoms with Crippen LogP contribution in [0.15, 0.2) is 24.3 Å². The molecule has 0 spiro atoms. The van der Waals surface area contributed by atoms with E-state index in [1.807, 2.05) is 0 Å². The monoisotopic (exact) mass is 382 g/mol. The van der Waals surface area contributed by atoms with E-state index >= 15 is 0 Å². The third-order valence-corrected chi connectivity index (χ3v) is 4.66. The molecule has 4 N–H and O–H groups in total. The summed E-state index contributed by atoms with van der Waals surface area (Å²) in [5, 5.41) is 8.32. The zero-order chi connectivity index (χ0) is 19.0. The molecule has 0 radical (unpaired) electrons. The van der Waals surface area contributed by atoms with E-state index in [9.17, 15) is 18.0 Å². The van der Waals surface area contributed by atoms with Crippen LogP contribution in [0, 0.1) is 0 Å². The van der Waals surface area contributed by atoms with E-state index in [2.05, 4.69) is 20.7 Å². The summed E-state index contributed by atoms with van der Waals surface area (Å²) in [6, 6.07) is 6.33. The second-order valence-electron chi connectivity index (χ2n) is 6.48. The number of hydrogen-bond donors (Lipinski definition) is 4. The predicted octanol–water partition coefficient (Wildman–Crippen LogP) is 2.02. The molecule has 3 amide bonds. The highest BCUT2D eigenvalue weighted by atomic mass is 32.2. The molecular formula is C17H26N4O4S. The number of carbonyl (C=O) groups excluding carboxylic acids is 2. The molecule has 0 aliphatic heterocycles. The Morgan fingerprint density at radius 1 is 1.04 bits per heavy atom. The molecule has 1 saturated carbocycles. The number of rotatable bonds is 7. The van der Waals surface area contributed by atoms with Crippen LogP contribution in [-0.4, -0.2) is 39.2 Å². The summed E-state index contributed by atoms with van der Waals surface area (Å²) in [5.74, 6) is -0.230. The van der Waals surface area contributed by atoms with Crippen LogP contribution in [0.25, 0.3) is 0 Å². The summed E-state index contributed by atoms with van der Waals surface area (Å²) in [6.45, 7) is 0.248. The molecular weight excluding hydrogens is 356 g/mol. The Kier molecular flexibility index (Phi) is 7.26. The minimum atomic E-state index is -3.33. The van der Waals surface area contributed by atoms with E-state index in [1.54, 1.807) is 24.3 Å². The van der Waals surface area contributed by atoms with Gasteiger partial charge in [0.2, 0.25) is 15.9 Å². The lowest BCUT2D eigenvalue weighted by atomic mass is 9.96. The van der Waals surface area contributed by atoms with Gasteiger partial charge >= 0.3 is 6.03 Å². The Hall–Kier alpha value is -2.29. The largest absolute Gasteiger partial charge is 0.338 e. The van der Waals surface area contributed by atoms with Gasteiger partial charge in [0.1, 0.15) is 0 Å². The maximum atomic E-state index is 11.9. The van der Waals surface area contributed by atoms with E-state index in [4.69, 9.17) is 0 Å². The van der Waals surface area contributed by atoms with Gasteiger partial charge in [0.15, 0.2) is 0 Å². The molecule has 144 valence electrons. The maximum absolute atomic E-state index is 11.9. The first kappa shape index (κ1) is 20.0. The number of carbonyl (C=O) groups is 2. The van der Waals surface area contributed by atoms with Crippen molar-refractivity contribution in [3.05, 3.63) is 24.3 Å². The van der Waals surface area contributed by atoms with Crippen molar-refractivity contribution in [3.63, 3.8) is 0 Å². The fourth-order valence-corrected chi connectivity index (χ4v) is 3.40. The van der Waals surface area contributed by atoms with Crippen LogP contribution < -0.4 is 20.7 Å². The van der Waals surface area contributed by atoms with Crippen LogP contribution in [-0.2, 0) is 14.8 Å². The van der Waals surface area contributed by atoms with Crippen molar-refractivity contribution in [1.82, 2.24) is 10.6 Å². The van der Waals surface area contributed by atoms with Gasteiger partial charge in [0, 0.05) is 30.4 Å². The number of amides is 3. The topological polar surface area (TPSA) is 116 Å². The van der Waals surface area contributed by atoms with Gasteiger partial charge in [-0.15, -0.1) is 0 Å². The zero-order valence-corrected chi connectivity index (χ0v) is 15.7. The summed E-state index contributed by atoms with van der Waals surface area (Å²) < 4.78 is 24.6. The lowest BCUT2D eigenvalue weighted by molar-refractivity contribution is -0.116. The number of hydrogen-bond acceptors (Lipinski definition) is 4. The SMILES string of the molecule is CS(=O)(=O)Nc1ccc(NC(=O)CCNC(=O)NC2CCCCC2)cc1. The Balaban J connectivity index is 1.67. The van der Waals surface area contributed by atoms with Crippen molar-refractivity contribution < 1.29 is 18.0 Å². The van der Waals surface area contributed by atoms with Crippen molar-refractivity contribution in [2.24, 2.45) is 0 Å². The molecule has 0 heterocycles. The van der Waals surface area contributed by atoms with Gasteiger partial charge in [0.25, 0.3) is 0 Å². The standard InChI is InChI=1S/C17H26N4O4S/c1-26(24,25)21-15-9-7-14(8-10-15)19-16(22)11-12-18-17(23)20-13-5-3-2-4-6-13/h7-10,13,21H,2-6,11-12H2,1H3,(H,19,22)(H2,18,20,23). The average Bonchev–Trinajstić information content (AvgIpc) is 2.56. The van der Waals surface area contributed by atoms with Crippen LogP contribution in [0.5, 0.6) is 0 Å². The quantitative estimate of drug-likeness (QED) is 0.577. The van der Waals surface area contributed by atoms with Crippen molar-refractivity contribution in [3.8, 4) is 0 Å². The van der Waals surface area contributed by atoms with Gasteiger partial charge in [-0.2, -0.15) is 0 Å². The minimum absolute atomic E-state index is 0.154. The Morgan fingerprint density at radius 3 is 2.27 bits per heavy atom. The summed E-state index contributed by atoms with van der Waals surface area (Å²) in [5.41, 5.74) is 0.979. The molecule has 2 rings (SSSR count). The normalized spacial score (nSPS) is 15.1. The summed E-state index contributed by atoms with van der Waals surface area (Å²) in [6.07, 6.45) is 6.76. The van der Waals surface area contributed by atoms with Gasteiger partial charge in [-0.3, -0.25) is 9.52 Å². The van der Waals surface area contributed by atoms with Gasteiger partial charge in [-0.1, -0.05) is 19.3 Å². The van der Waals surface area contributed by atoms with Crippen LogP contribution in [0.4, 0.5) is 16.2 Å². The molecule has 1 fully saturated rings. The summed E-state index contributed by atoms with van der Waals surface area (Å²) in [7, 11) is -3.33. The van der Waals surface area contributed by atoms with E-state index < -0.39 is 10.0 Å². The average molecular weight is 382 g/mol. The van der Waals surface area contributed by atoms with Crippen LogP contribution in [0.2, 0.25) is 0 Å². The molecule has 0 unspecified atom stereocenters. The first-order valence-corrected chi connectivity index (χ1v) is 10.6. The van der Waals surface area contributed by atoms with E-state index in [1.165, 1.54) is 6.42 Å². The molecule has 26 heavy (non-hydrogen) atoms. The highest BCUT2D eigenvalue weighted by molar-refractivity contribution is 7.92. The van der Waals surface area contributed by atoms with Gasteiger partial charge in [-0.25, -0.2) is 13.2 Å². The fraction of sp³-hybridized carbons (Fsp3) is 0.529. The second-order valence-corrected chi connectivity index (χ2v) is 8.23. The number of sulfonamides is 1. The molecule has 0 bridgehead atoms. The fourth-order valence-electron chi connectivity index (χ4n) is 2.83. The van der Waals surface area contributed by atoms with Crippen LogP contribution in [0.1, 0.15) is 38.5 Å². The van der Waals surface area contributed by atoms with Gasteiger partial charge in [0.05, 0.1) is 6.26 Å². The van der Waals surface area contributed by atoms with Crippen molar-refractivity contribution in [2.45, 2.75) is 44.6 Å². The lowest BCUT2D eigenvalue weighted by Gasteiger charge is -2.22. The van der Waals surface area contributed by atoms with E-state index in [0.29, 0.717) is 11.4 Å². The molecule has 0 atom stereocenters. The first-order chi connectivity index (χ1) is 12.3. The second kappa shape index (κ2) is 9.42. The van der Waals surface area contributed by atoms with Crippen molar-refractivity contribution in [1.29, 1.82) is 0 Å². The number of benzene rings is 1. The molecule has 1 aromatic carbocycles. The molecule has 8 nitrogen and oxygen atoms in total. The molecule has 0 saturated heterocycles. The lowest BCUT2D eigenvalue weighted by Crippen LogP contribution is -2.43. The number of nitrogens with one attached hydrogen (secondary N) is 4. The smallest absolute Gasteiger partial charge is 0.315 e. The molecule has 0 aromatic heterocycles. The first-order valence-electron chi connectivity index (χ1n) is 8.74. The zero-order valence-electron chi connectivity index (χ0n) is 14.9. The van der Waals surface area contributed by atoms with Gasteiger partial charge < -0.3 is 16.0 Å².